The third-order valence-corrected chi connectivity index (χ3v) is 5.30. The quantitative estimate of drug-likeness (QED) is 0.474. The summed E-state index contributed by atoms with van der Waals surface area (Å²) >= 11 is 0. The first-order chi connectivity index (χ1) is 14.1. The second-order valence-electron chi connectivity index (χ2n) is 7.36. The molecule has 0 saturated heterocycles. The number of fused-ring (bicyclic) bond motifs is 1. The van der Waals surface area contributed by atoms with Crippen LogP contribution in [0.4, 0.5) is 0 Å². The van der Waals surface area contributed by atoms with Crippen molar-refractivity contribution in [1.29, 1.82) is 0 Å². The lowest BCUT2D eigenvalue weighted by atomic mass is 10.1. The first-order valence-electron chi connectivity index (χ1n) is 9.94. The molecule has 3 aromatic carbocycles. The molecule has 0 aliphatic heterocycles. The van der Waals surface area contributed by atoms with E-state index in [1.165, 1.54) is 11.1 Å². The maximum Gasteiger partial charge on any atom is 0.223 e. The molecule has 0 unspecified atom stereocenters. The lowest BCUT2D eigenvalue weighted by Gasteiger charge is -2.18. The van der Waals surface area contributed by atoms with Crippen LogP contribution in [0.15, 0.2) is 78.9 Å². The van der Waals surface area contributed by atoms with Gasteiger partial charge in [0.1, 0.15) is 5.82 Å². The Bertz CT molecular complexity index is 1130. The van der Waals surface area contributed by atoms with Gasteiger partial charge in [0, 0.05) is 32.1 Å². The van der Waals surface area contributed by atoms with Crippen LogP contribution < -0.4 is 0 Å². The van der Waals surface area contributed by atoms with Crippen LogP contribution in [-0.4, -0.2) is 27.4 Å². The Hall–Kier alpha value is -3.40. The Morgan fingerprint density at radius 2 is 1.62 bits per heavy atom. The molecule has 0 aliphatic carbocycles. The van der Waals surface area contributed by atoms with E-state index in [9.17, 15) is 4.79 Å². The average molecular weight is 383 g/mol. The number of imidazole rings is 1. The van der Waals surface area contributed by atoms with E-state index in [1.807, 2.05) is 55.6 Å². The van der Waals surface area contributed by atoms with Gasteiger partial charge in [-0.3, -0.25) is 9.36 Å². The average Bonchev–Trinajstić information content (AvgIpc) is 3.12. The predicted octanol–water partition coefficient (Wildman–Crippen LogP) is 4.93. The minimum absolute atomic E-state index is 0.125. The SMILES string of the molecule is Cc1ccccc1CN(C)C(=O)CCc1nc2ccccc2n1-c1ccccc1. The van der Waals surface area contributed by atoms with Crippen molar-refractivity contribution in [2.75, 3.05) is 7.05 Å². The number of hydrogen-bond donors (Lipinski definition) is 0. The van der Waals surface area contributed by atoms with E-state index in [0.29, 0.717) is 19.4 Å². The summed E-state index contributed by atoms with van der Waals surface area (Å²) in [6.45, 7) is 2.70. The number of para-hydroxylation sites is 3. The highest BCUT2D eigenvalue weighted by molar-refractivity contribution is 5.79. The number of rotatable bonds is 6. The summed E-state index contributed by atoms with van der Waals surface area (Å²) in [5.74, 6) is 1.04. The van der Waals surface area contributed by atoms with Gasteiger partial charge in [-0.1, -0.05) is 54.6 Å². The topological polar surface area (TPSA) is 38.1 Å². The molecule has 0 atom stereocenters. The van der Waals surface area contributed by atoms with Crippen molar-refractivity contribution in [1.82, 2.24) is 14.5 Å². The van der Waals surface area contributed by atoms with Crippen molar-refractivity contribution in [2.24, 2.45) is 0 Å². The monoisotopic (exact) mass is 383 g/mol. The van der Waals surface area contributed by atoms with Crippen molar-refractivity contribution in [2.45, 2.75) is 26.3 Å². The van der Waals surface area contributed by atoms with Crippen molar-refractivity contribution in [3.05, 3.63) is 95.8 Å². The third-order valence-electron chi connectivity index (χ3n) is 5.30. The van der Waals surface area contributed by atoms with Crippen LogP contribution in [0.3, 0.4) is 0 Å². The summed E-state index contributed by atoms with van der Waals surface area (Å²) in [4.78, 5) is 19.4. The van der Waals surface area contributed by atoms with E-state index in [2.05, 4.69) is 41.8 Å². The molecule has 1 amide bonds. The number of amides is 1. The van der Waals surface area contributed by atoms with E-state index >= 15 is 0 Å². The van der Waals surface area contributed by atoms with Crippen LogP contribution in [-0.2, 0) is 17.8 Å². The van der Waals surface area contributed by atoms with E-state index < -0.39 is 0 Å². The zero-order chi connectivity index (χ0) is 20.2. The molecular formula is C25H25N3O. The van der Waals surface area contributed by atoms with Crippen LogP contribution in [0.1, 0.15) is 23.4 Å². The van der Waals surface area contributed by atoms with E-state index in [-0.39, 0.29) is 5.91 Å². The van der Waals surface area contributed by atoms with Gasteiger partial charge in [0.15, 0.2) is 0 Å². The zero-order valence-electron chi connectivity index (χ0n) is 16.9. The van der Waals surface area contributed by atoms with Crippen LogP contribution in [0.5, 0.6) is 0 Å². The number of carbonyl (C=O) groups excluding carboxylic acids is 1. The molecule has 0 fully saturated rings. The molecule has 0 bridgehead atoms. The number of aromatic nitrogens is 2. The second-order valence-corrected chi connectivity index (χ2v) is 7.36. The molecule has 0 spiro atoms. The Balaban J connectivity index is 1.54. The molecule has 1 heterocycles. The lowest BCUT2D eigenvalue weighted by Crippen LogP contribution is -2.27. The zero-order valence-corrected chi connectivity index (χ0v) is 16.9. The first kappa shape index (κ1) is 18.9. The van der Waals surface area contributed by atoms with Crippen molar-refractivity contribution in [3.63, 3.8) is 0 Å². The first-order valence-corrected chi connectivity index (χ1v) is 9.94. The Morgan fingerprint density at radius 1 is 0.931 bits per heavy atom. The minimum Gasteiger partial charge on any atom is -0.341 e. The molecule has 146 valence electrons. The Labute approximate surface area is 171 Å². The number of carbonyl (C=O) groups is 1. The normalized spacial score (nSPS) is 11.0. The van der Waals surface area contributed by atoms with Crippen LogP contribution in [0, 0.1) is 6.92 Å². The van der Waals surface area contributed by atoms with Gasteiger partial charge in [-0.2, -0.15) is 0 Å². The number of hydrogen-bond acceptors (Lipinski definition) is 2. The highest BCUT2D eigenvalue weighted by atomic mass is 16.2. The molecule has 4 aromatic rings. The number of benzene rings is 3. The highest BCUT2D eigenvalue weighted by Crippen LogP contribution is 2.22. The highest BCUT2D eigenvalue weighted by Gasteiger charge is 2.16. The summed E-state index contributed by atoms with van der Waals surface area (Å²) in [7, 11) is 1.87. The maximum atomic E-state index is 12.8. The molecule has 0 radical (unpaired) electrons. The summed E-state index contributed by atoms with van der Waals surface area (Å²) in [5, 5.41) is 0. The van der Waals surface area contributed by atoms with Crippen LogP contribution >= 0.6 is 0 Å². The molecule has 0 aliphatic rings. The maximum absolute atomic E-state index is 12.8. The Kier molecular flexibility index (Phi) is 5.43. The fourth-order valence-corrected chi connectivity index (χ4v) is 3.65. The van der Waals surface area contributed by atoms with Gasteiger partial charge in [-0.15, -0.1) is 0 Å². The summed E-state index contributed by atoms with van der Waals surface area (Å²) < 4.78 is 2.16. The largest absolute Gasteiger partial charge is 0.341 e. The van der Waals surface area contributed by atoms with E-state index in [1.54, 1.807) is 4.90 Å². The second kappa shape index (κ2) is 8.31. The molecule has 0 saturated carbocycles. The van der Waals surface area contributed by atoms with Crippen LogP contribution in [0.25, 0.3) is 16.7 Å². The van der Waals surface area contributed by atoms with Gasteiger partial charge in [0.05, 0.1) is 11.0 Å². The predicted molar refractivity (Wildman–Crippen MR) is 117 cm³/mol. The smallest absolute Gasteiger partial charge is 0.223 e. The molecular weight excluding hydrogens is 358 g/mol. The van der Waals surface area contributed by atoms with Crippen molar-refractivity contribution < 1.29 is 4.79 Å². The fraction of sp³-hybridized carbons (Fsp3) is 0.200. The standard InChI is InChI=1S/C25H25N3O/c1-19-10-6-7-11-20(19)18-27(2)25(29)17-16-24-26-22-14-8-9-15-23(22)28(24)21-12-4-3-5-13-21/h3-15H,16-18H2,1-2H3. The fourth-order valence-electron chi connectivity index (χ4n) is 3.65. The molecule has 4 nitrogen and oxygen atoms in total. The molecule has 4 rings (SSSR count). The minimum atomic E-state index is 0.125. The third kappa shape index (κ3) is 4.06. The van der Waals surface area contributed by atoms with Gasteiger partial charge in [-0.25, -0.2) is 4.98 Å². The molecule has 29 heavy (non-hydrogen) atoms. The molecule has 0 N–H and O–H groups in total. The van der Waals surface area contributed by atoms with Crippen molar-refractivity contribution >= 4 is 16.9 Å². The van der Waals surface area contributed by atoms with Gasteiger partial charge in [-0.05, 0) is 42.3 Å². The number of aryl methyl sites for hydroxylation is 2. The summed E-state index contributed by atoms with van der Waals surface area (Å²) in [5.41, 5.74) is 5.47. The summed E-state index contributed by atoms with van der Waals surface area (Å²) in [6.07, 6.45) is 1.03. The number of nitrogens with zero attached hydrogens (tertiary/aromatic N) is 3. The van der Waals surface area contributed by atoms with Crippen LogP contribution in [0.2, 0.25) is 0 Å². The summed E-state index contributed by atoms with van der Waals surface area (Å²) in [6, 6.07) is 26.5. The van der Waals surface area contributed by atoms with Gasteiger partial charge < -0.3 is 4.90 Å². The van der Waals surface area contributed by atoms with E-state index in [4.69, 9.17) is 4.98 Å². The Morgan fingerprint density at radius 3 is 2.41 bits per heavy atom. The lowest BCUT2D eigenvalue weighted by molar-refractivity contribution is -0.130. The van der Waals surface area contributed by atoms with Gasteiger partial charge >= 0.3 is 0 Å². The van der Waals surface area contributed by atoms with E-state index in [0.717, 1.165) is 22.5 Å². The molecule has 4 heteroatoms. The van der Waals surface area contributed by atoms with Gasteiger partial charge in [0.2, 0.25) is 5.91 Å². The van der Waals surface area contributed by atoms with Crippen molar-refractivity contribution in [3.8, 4) is 5.69 Å². The molecule has 1 aromatic heterocycles. The van der Waals surface area contributed by atoms with Gasteiger partial charge in [0.25, 0.3) is 0 Å².